The zero-order chi connectivity index (χ0) is 19.6. The van der Waals surface area contributed by atoms with Crippen molar-refractivity contribution in [1.82, 2.24) is 5.32 Å². The van der Waals surface area contributed by atoms with Crippen molar-refractivity contribution >= 4 is 11.6 Å². The Labute approximate surface area is 166 Å². The highest BCUT2D eigenvalue weighted by Crippen LogP contribution is 2.17. The van der Waals surface area contributed by atoms with Crippen LogP contribution < -0.4 is 15.4 Å². The van der Waals surface area contributed by atoms with E-state index in [2.05, 4.69) is 23.6 Å². The number of carbonyl (C=O) groups excluding carboxylic acids is 1. The molecule has 3 rings (SSSR count). The molecule has 0 aromatic heterocycles. The lowest BCUT2D eigenvalue weighted by molar-refractivity contribution is -0.121. The van der Waals surface area contributed by atoms with E-state index in [9.17, 15) is 4.79 Å². The molecule has 2 N–H and O–H groups in total. The Morgan fingerprint density at radius 1 is 0.893 bits per heavy atom. The molecule has 0 aliphatic carbocycles. The molecule has 0 bridgehead atoms. The van der Waals surface area contributed by atoms with Gasteiger partial charge in [-0.1, -0.05) is 54.6 Å². The first-order valence-electron chi connectivity index (χ1n) is 9.52. The van der Waals surface area contributed by atoms with Crippen molar-refractivity contribution in [2.24, 2.45) is 0 Å². The smallest absolute Gasteiger partial charge is 0.222 e. The second-order valence-electron chi connectivity index (χ2n) is 6.68. The lowest BCUT2D eigenvalue weighted by atomic mass is 10.1. The molecule has 3 aromatic carbocycles. The van der Waals surface area contributed by atoms with Gasteiger partial charge in [0.05, 0.1) is 0 Å². The highest BCUT2D eigenvalue weighted by Gasteiger charge is 2.03. The first-order chi connectivity index (χ1) is 13.7. The fourth-order valence-electron chi connectivity index (χ4n) is 2.82. The van der Waals surface area contributed by atoms with E-state index in [-0.39, 0.29) is 5.91 Å². The van der Waals surface area contributed by atoms with E-state index in [0.29, 0.717) is 26.1 Å². The Balaban J connectivity index is 1.36. The molecule has 0 atom stereocenters. The number of amides is 1. The van der Waals surface area contributed by atoms with E-state index < -0.39 is 0 Å². The second-order valence-corrected chi connectivity index (χ2v) is 6.68. The minimum atomic E-state index is 0.0403. The van der Waals surface area contributed by atoms with Crippen LogP contribution in [0.2, 0.25) is 0 Å². The predicted octanol–water partition coefficient (Wildman–Crippen LogP) is 4.69. The molecule has 0 aliphatic rings. The van der Waals surface area contributed by atoms with Crippen LogP contribution in [0.5, 0.6) is 5.75 Å². The van der Waals surface area contributed by atoms with Gasteiger partial charge in [0.25, 0.3) is 0 Å². The Morgan fingerprint density at radius 3 is 2.36 bits per heavy atom. The number of hydrogen-bond donors (Lipinski definition) is 2. The summed E-state index contributed by atoms with van der Waals surface area (Å²) < 4.78 is 5.78. The van der Waals surface area contributed by atoms with Crippen molar-refractivity contribution in [3.05, 3.63) is 95.6 Å². The predicted molar refractivity (Wildman–Crippen MR) is 113 cm³/mol. The molecule has 0 spiro atoms. The van der Waals surface area contributed by atoms with Crippen molar-refractivity contribution in [3.63, 3.8) is 0 Å². The molecule has 0 radical (unpaired) electrons. The van der Waals surface area contributed by atoms with Crippen LogP contribution in [0.25, 0.3) is 0 Å². The topological polar surface area (TPSA) is 50.4 Å². The number of rotatable bonds is 9. The molecule has 4 heteroatoms. The third-order valence-corrected chi connectivity index (χ3v) is 4.52. The average molecular weight is 374 g/mol. The van der Waals surface area contributed by atoms with E-state index in [0.717, 1.165) is 22.6 Å². The Morgan fingerprint density at radius 2 is 1.61 bits per heavy atom. The summed E-state index contributed by atoms with van der Waals surface area (Å²) in [7, 11) is 0. The summed E-state index contributed by atoms with van der Waals surface area (Å²) in [6.45, 7) is 3.76. The highest BCUT2D eigenvalue weighted by atomic mass is 16.5. The molecule has 3 aromatic rings. The third-order valence-electron chi connectivity index (χ3n) is 4.52. The molecule has 0 aliphatic heterocycles. The zero-order valence-electron chi connectivity index (χ0n) is 16.2. The number of nitrogens with one attached hydrogen (secondary N) is 2. The van der Waals surface area contributed by atoms with Gasteiger partial charge in [0, 0.05) is 25.2 Å². The van der Waals surface area contributed by atoms with E-state index in [1.165, 1.54) is 5.56 Å². The Bertz CT molecular complexity index is 877. The van der Waals surface area contributed by atoms with E-state index >= 15 is 0 Å². The van der Waals surface area contributed by atoms with Crippen LogP contribution in [-0.2, 0) is 17.9 Å². The highest BCUT2D eigenvalue weighted by molar-refractivity contribution is 5.76. The van der Waals surface area contributed by atoms with Crippen LogP contribution in [0.3, 0.4) is 0 Å². The molecule has 0 heterocycles. The van der Waals surface area contributed by atoms with Crippen molar-refractivity contribution in [2.75, 3.05) is 11.9 Å². The van der Waals surface area contributed by atoms with Gasteiger partial charge in [-0.3, -0.25) is 4.79 Å². The van der Waals surface area contributed by atoms with Crippen LogP contribution in [0.4, 0.5) is 5.69 Å². The molecule has 144 valence electrons. The normalized spacial score (nSPS) is 10.3. The summed E-state index contributed by atoms with van der Waals surface area (Å²) in [5.74, 6) is 0.865. The van der Waals surface area contributed by atoms with Gasteiger partial charge in [-0.2, -0.15) is 0 Å². The minimum Gasteiger partial charge on any atom is -0.489 e. The molecule has 28 heavy (non-hydrogen) atoms. The van der Waals surface area contributed by atoms with Crippen LogP contribution in [-0.4, -0.2) is 12.5 Å². The van der Waals surface area contributed by atoms with Crippen molar-refractivity contribution in [1.29, 1.82) is 0 Å². The van der Waals surface area contributed by atoms with Crippen LogP contribution in [0, 0.1) is 6.92 Å². The maximum Gasteiger partial charge on any atom is 0.222 e. The van der Waals surface area contributed by atoms with Gasteiger partial charge in [0.1, 0.15) is 12.4 Å². The number of benzene rings is 3. The fourth-order valence-corrected chi connectivity index (χ4v) is 2.82. The van der Waals surface area contributed by atoms with Gasteiger partial charge in [-0.05, 0) is 47.9 Å². The molecule has 4 nitrogen and oxygen atoms in total. The summed E-state index contributed by atoms with van der Waals surface area (Å²) in [4.78, 5) is 12.0. The average Bonchev–Trinajstić information content (AvgIpc) is 2.73. The summed E-state index contributed by atoms with van der Waals surface area (Å²) in [5, 5.41) is 6.24. The number of carbonyl (C=O) groups is 1. The van der Waals surface area contributed by atoms with Gasteiger partial charge in [0.2, 0.25) is 5.91 Å². The van der Waals surface area contributed by atoms with Gasteiger partial charge in [-0.15, -0.1) is 0 Å². The molecular weight excluding hydrogens is 348 g/mol. The lowest BCUT2D eigenvalue weighted by Gasteiger charge is -2.10. The lowest BCUT2D eigenvalue weighted by Crippen LogP contribution is -2.25. The van der Waals surface area contributed by atoms with Crippen molar-refractivity contribution < 1.29 is 9.53 Å². The molecule has 0 saturated carbocycles. The van der Waals surface area contributed by atoms with Gasteiger partial charge in [-0.25, -0.2) is 0 Å². The minimum absolute atomic E-state index is 0.0403. The molecule has 0 unspecified atom stereocenters. The second kappa shape index (κ2) is 10.2. The quantitative estimate of drug-likeness (QED) is 0.571. The first kappa shape index (κ1) is 19.5. The first-order valence-corrected chi connectivity index (χ1v) is 9.52. The van der Waals surface area contributed by atoms with Gasteiger partial charge in [0.15, 0.2) is 0 Å². The molecule has 0 saturated heterocycles. The largest absolute Gasteiger partial charge is 0.489 e. The summed E-state index contributed by atoms with van der Waals surface area (Å²) in [6, 6.07) is 26.0. The summed E-state index contributed by atoms with van der Waals surface area (Å²) >= 11 is 0. The van der Waals surface area contributed by atoms with Crippen LogP contribution in [0.1, 0.15) is 23.1 Å². The SMILES string of the molecule is Cc1ccccc1CNC(=O)CCNc1ccc(OCc2ccccc2)cc1. The number of ether oxygens (including phenoxy) is 1. The number of anilines is 1. The van der Waals surface area contributed by atoms with E-state index in [1.54, 1.807) is 0 Å². The third kappa shape index (κ3) is 6.16. The summed E-state index contributed by atoms with van der Waals surface area (Å²) in [5.41, 5.74) is 4.45. The van der Waals surface area contributed by atoms with Crippen LogP contribution in [0.15, 0.2) is 78.9 Å². The molecule has 0 fully saturated rings. The monoisotopic (exact) mass is 374 g/mol. The summed E-state index contributed by atoms with van der Waals surface area (Å²) in [6.07, 6.45) is 0.429. The molecule has 1 amide bonds. The molecular formula is C24H26N2O2. The fraction of sp³-hybridized carbons (Fsp3) is 0.208. The van der Waals surface area contributed by atoms with Crippen LogP contribution >= 0.6 is 0 Å². The standard InChI is InChI=1S/C24H26N2O2/c1-19-7-5-6-10-21(19)17-26-24(27)15-16-25-22-11-13-23(14-12-22)28-18-20-8-3-2-4-9-20/h2-14,25H,15-18H2,1H3,(H,26,27). The van der Waals surface area contributed by atoms with Gasteiger partial charge < -0.3 is 15.4 Å². The Kier molecular flexibility index (Phi) is 7.08. The van der Waals surface area contributed by atoms with E-state index in [1.807, 2.05) is 72.8 Å². The van der Waals surface area contributed by atoms with Gasteiger partial charge >= 0.3 is 0 Å². The van der Waals surface area contributed by atoms with Crippen molar-refractivity contribution in [3.8, 4) is 5.75 Å². The number of aryl methyl sites for hydroxylation is 1. The maximum atomic E-state index is 12.0. The maximum absolute atomic E-state index is 12.0. The zero-order valence-corrected chi connectivity index (χ0v) is 16.2. The Hall–Kier alpha value is -3.27. The number of hydrogen-bond acceptors (Lipinski definition) is 3. The van der Waals surface area contributed by atoms with Crippen molar-refractivity contribution in [2.45, 2.75) is 26.5 Å². The van der Waals surface area contributed by atoms with E-state index in [4.69, 9.17) is 4.74 Å².